The van der Waals surface area contributed by atoms with Gasteiger partial charge in [-0.05, 0) is 17.0 Å². The lowest BCUT2D eigenvalue weighted by atomic mass is 10.1. The summed E-state index contributed by atoms with van der Waals surface area (Å²) in [6.07, 6.45) is 1.51. The molecule has 0 aromatic heterocycles. The lowest BCUT2D eigenvalue weighted by Gasteiger charge is -2.07. The van der Waals surface area contributed by atoms with Crippen LogP contribution in [0.4, 0.5) is 0 Å². The molecule has 0 aliphatic rings. The highest BCUT2D eigenvalue weighted by Gasteiger charge is 2.11. The van der Waals surface area contributed by atoms with Crippen LogP contribution in [-0.4, -0.2) is 8.42 Å². The minimum absolute atomic E-state index is 0.0366. The minimum atomic E-state index is -3.62. The second-order valence-corrected chi connectivity index (χ2v) is 7.01. The van der Waals surface area contributed by atoms with Crippen LogP contribution in [0.25, 0.3) is 16.8 Å². The van der Waals surface area contributed by atoms with Crippen LogP contribution in [0.3, 0.4) is 0 Å². The molecule has 0 saturated heterocycles. The van der Waals surface area contributed by atoms with Gasteiger partial charge in [0.1, 0.15) is 0 Å². The van der Waals surface area contributed by atoms with Gasteiger partial charge in [-0.3, -0.25) is 5.11 Å². The van der Waals surface area contributed by atoms with Gasteiger partial charge in [0.05, 0.1) is 0 Å². The van der Waals surface area contributed by atoms with E-state index in [-0.39, 0.29) is 12.3 Å². The van der Waals surface area contributed by atoms with E-state index in [1.165, 1.54) is 6.08 Å². The maximum Gasteiger partial charge on any atom is 0.234 e. The number of hydrogen-bond donors (Lipinski definition) is 1. The summed E-state index contributed by atoms with van der Waals surface area (Å²) < 4.78 is 26.5. The number of sulfonamides is 1. The third-order valence-corrected chi connectivity index (χ3v) is 4.71. The van der Waals surface area contributed by atoms with Crippen LogP contribution in [0.15, 0.2) is 72.1 Å². The van der Waals surface area contributed by atoms with E-state index in [9.17, 15) is 13.5 Å². The van der Waals surface area contributed by atoms with Gasteiger partial charge in [0.25, 0.3) is 0 Å². The van der Waals surface area contributed by atoms with E-state index in [2.05, 4.69) is 4.72 Å². The van der Waals surface area contributed by atoms with Crippen LogP contribution < -0.4 is 4.72 Å². The predicted octanol–water partition coefficient (Wildman–Crippen LogP) is 4.07. The molecule has 0 saturated carbocycles. The summed E-state index contributed by atoms with van der Waals surface area (Å²) in [5.41, 5.74) is 1.21. The van der Waals surface area contributed by atoms with Crippen LogP contribution in [0.2, 0.25) is 0 Å². The van der Waals surface area contributed by atoms with Crippen molar-refractivity contribution in [3.05, 3.63) is 83.3 Å². The van der Waals surface area contributed by atoms with Crippen LogP contribution in [0.1, 0.15) is 11.1 Å². The van der Waals surface area contributed by atoms with Crippen molar-refractivity contribution in [3.63, 3.8) is 0 Å². The predicted molar refractivity (Wildman–Crippen MR) is 95.3 cm³/mol. The summed E-state index contributed by atoms with van der Waals surface area (Å²) >= 11 is 0. The quantitative estimate of drug-likeness (QED) is 0.762. The molecular formula is C19H16NO3S. The van der Waals surface area contributed by atoms with Crippen molar-refractivity contribution in [2.45, 2.75) is 6.54 Å². The smallest absolute Gasteiger partial charge is 0.234 e. The molecule has 3 aromatic carbocycles. The van der Waals surface area contributed by atoms with Crippen molar-refractivity contribution < 1.29 is 13.5 Å². The van der Waals surface area contributed by atoms with Crippen molar-refractivity contribution in [1.29, 1.82) is 0 Å². The molecule has 0 aliphatic carbocycles. The average Bonchev–Trinajstić information content (AvgIpc) is 2.61. The van der Waals surface area contributed by atoms with E-state index >= 15 is 0 Å². The van der Waals surface area contributed by atoms with Gasteiger partial charge >= 0.3 is 0 Å². The molecule has 3 aromatic rings. The lowest BCUT2D eigenvalue weighted by Crippen LogP contribution is -2.20. The van der Waals surface area contributed by atoms with E-state index in [1.54, 1.807) is 18.2 Å². The first-order valence-electron chi connectivity index (χ1n) is 7.46. The molecule has 0 fully saturated rings. The molecule has 0 aliphatic heterocycles. The molecule has 0 heterocycles. The molecule has 121 valence electrons. The van der Waals surface area contributed by atoms with Gasteiger partial charge in [-0.15, -0.1) is 0 Å². The number of benzene rings is 3. The fourth-order valence-electron chi connectivity index (χ4n) is 2.39. The summed E-state index contributed by atoms with van der Waals surface area (Å²) in [6.45, 7) is -0.0366. The average molecular weight is 338 g/mol. The summed E-state index contributed by atoms with van der Waals surface area (Å²) in [4.78, 5) is 0. The number of hydrogen-bond acceptors (Lipinski definition) is 2. The molecule has 0 unspecified atom stereocenters. The Bertz CT molecular complexity index is 980. The Kier molecular flexibility index (Phi) is 4.64. The van der Waals surface area contributed by atoms with E-state index < -0.39 is 10.0 Å². The Morgan fingerprint density at radius 3 is 2.38 bits per heavy atom. The van der Waals surface area contributed by atoms with E-state index in [1.807, 2.05) is 48.5 Å². The maximum atomic E-state index is 12.4. The normalized spacial score (nSPS) is 12.0. The van der Waals surface area contributed by atoms with E-state index in [0.717, 1.165) is 16.4 Å². The molecule has 0 atom stereocenters. The van der Waals surface area contributed by atoms with Gasteiger partial charge in [0.15, 0.2) is 5.75 Å². The lowest BCUT2D eigenvalue weighted by molar-refractivity contribution is 0.355. The molecule has 1 radical (unpaired) electrons. The van der Waals surface area contributed by atoms with Gasteiger partial charge in [0.2, 0.25) is 10.0 Å². The molecule has 3 rings (SSSR count). The first-order chi connectivity index (χ1) is 11.6. The fraction of sp³-hybridized carbons (Fsp3) is 0.0526. The number of fused-ring (bicyclic) bond motifs is 1. The van der Waals surface area contributed by atoms with Crippen LogP contribution in [0.5, 0.6) is 5.75 Å². The van der Waals surface area contributed by atoms with Crippen molar-refractivity contribution in [2.75, 3.05) is 0 Å². The largest absolute Gasteiger partial charge is 0.289 e. The van der Waals surface area contributed by atoms with Crippen molar-refractivity contribution in [2.24, 2.45) is 0 Å². The van der Waals surface area contributed by atoms with E-state index in [0.29, 0.717) is 10.9 Å². The second-order valence-electron chi connectivity index (χ2n) is 5.35. The zero-order valence-corrected chi connectivity index (χ0v) is 13.7. The zero-order valence-electron chi connectivity index (χ0n) is 12.8. The molecule has 4 nitrogen and oxygen atoms in total. The van der Waals surface area contributed by atoms with Crippen LogP contribution in [0, 0.1) is 0 Å². The highest BCUT2D eigenvalue weighted by molar-refractivity contribution is 7.92. The van der Waals surface area contributed by atoms with Crippen molar-refractivity contribution in [3.8, 4) is 5.75 Å². The van der Waals surface area contributed by atoms with Gasteiger partial charge < -0.3 is 0 Å². The fourth-order valence-corrected chi connectivity index (χ4v) is 3.18. The summed E-state index contributed by atoms with van der Waals surface area (Å²) in [6, 6.07) is 19.9. The summed E-state index contributed by atoms with van der Waals surface area (Å²) in [5.74, 6) is -0.150. The summed E-state index contributed by atoms with van der Waals surface area (Å²) in [5, 5.41) is 14.9. The van der Waals surface area contributed by atoms with Gasteiger partial charge in [0, 0.05) is 22.9 Å². The monoisotopic (exact) mass is 338 g/mol. The highest BCUT2D eigenvalue weighted by Crippen LogP contribution is 2.29. The first kappa shape index (κ1) is 16.2. The SMILES string of the molecule is [O]c1c(CNS(=O)(=O)C=Cc2ccccc2)ccc2ccccc12. The number of rotatable bonds is 5. The third-order valence-electron chi connectivity index (χ3n) is 3.66. The Labute approximate surface area is 141 Å². The first-order valence-corrected chi connectivity index (χ1v) is 9.00. The molecule has 24 heavy (non-hydrogen) atoms. The molecule has 5 heteroatoms. The van der Waals surface area contributed by atoms with Crippen molar-refractivity contribution in [1.82, 2.24) is 4.72 Å². The molecule has 1 N–H and O–H groups in total. The highest BCUT2D eigenvalue weighted by atomic mass is 32.2. The van der Waals surface area contributed by atoms with Gasteiger partial charge in [-0.25, -0.2) is 13.1 Å². The van der Waals surface area contributed by atoms with Crippen LogP contribution >= 0.6 is 0 Å². The molecular weight excluding hydrogens is 322 g/mol. The third kappa shape index (κ3) is 3.82. The molecule has 0 spiro atoms. The Balaban J connectivity index is 1.75. The Morgan fingerprint density at radius 1 is 0.875 bits per heavy atom. The maximum absolute atomic E-state index is 12.4. The van der Waals surface area contributed by atoms with Crippen LogP contribution in [-0.2, 0) is 21.7 Å². The Morgan fingerprint density at radius 2 is 1.58 bits per heavy atom. The summed E-state index contributed by atoms with van der Waals surface area (Å²) in [7, 11) is -3.62. The zero-order chi connectivity index (χ0) is 17.0. The van der Waals surface area contributed by atoms with E-state index in [4.69, 9.17) is 0 Å². The molecule has 0 bridgehead atoms. The standard InChI is InChI=1S/C19H16NO3S/c21-19-17(11-10-16-8-4-5-9-18(16)19)14-20-24(22,23)13-12-15-6-2-1-3-7-15/h1-13,20H,14H2. The Hall–Kier alpha value is -2.63. The minimum Gasteiger partial charge on any atom is -0.289 e. The van der Waals surface area contributed by atoms with Gasteiger partial charge in [-0.2, -0.15) is 0 Å². The number of nitrogens with one attached hydrogen (secondary N) is 1. The second kappa shape index (κ2) is 6.86. The van der Waals surface area contributed by atoms with Crippen molar-refractivity contribution >= 4 is 26.9 Å². The molecule has 0 amide bonds. The van der Waals surface area contributed by atoms with Gasteiger partial charge in [-0.1, -0.05) is 66.7 Å². The topological polar surface area (TPSA) is 66.1 Å².